The fraction of sp³-hybridized carbons (Fsp3) is 0.250. The molecule has 1 atom stereocenters. The molecule has 0 spiro atoms. The molecule has 0 saturated carbocycles. The van der Waals surface area contributed by atoms with Crippen molar-refractivity contribution in [3.63, 3.8) is 0 Å². The third kappa shape index (κ3) is 2.96. The molecule has 3 rings (SSSR count). The van der Waals surface area contributed by atoms with Crippen LogP contribution in [0.4, 0.5) is 10.1 Å². The summed E-state index contributed by atoms with van der Waals surface area (Å²) in [6.45, 7) is 5.77. The number of fused-ring (bicyclic) bond motifs is 1. The minimum absolute atomic E-state index is 0.0450. The Kier molecular flexibility index (Phi) is 4.12. The van der Waals surface area contributed by atoms with Gasteiger partial charge >= 0.3 is 0 Å². The molecule has 7 heteroatoms. The van der Waals surface area contributed by atoms with E-state index >= 15 is 0 Å². The van der Waals surface area contributed by atoms with Crippen LogP contribution in [0.3, 0.4) is 0 Å². The Hall–Kier alpha value is -1.92. The number of nitrogens with one attached hydrogen (secondary N) is 2. The van der Waals surface area contributed by atoms with Crippen molar-refractivity contribution in [2.75, 3.05) is 5.32 Å². The maximum Gasteiger partial charge on any atom is 0.259 e. The van der Waals surface area contributed by atoms with Gasteiger partial charge in [0, 0.05) is 10.6 Å². The molecule has 2 N–H and O–H groups in total. The van der Waals surface area contributed by atoms with Crippen LogP contribution in [-0.2, 0) is 0 Å². The third-order valence-electron chi connectivity index (χ3n) is 3.77. The van der Waals surface area contributed by atoms with Crippen LogP contribution in [0.25, 0.3) is 10.2 Å². The molecule has 0 amide bonds. The number of rotatable bonds is 3. The Bertz CT molecular complexity index is 950. The van der Waals surface area contributed by atoms with Crippen molar-refractivity contribution in [1.29, 1.82) is 0 Å². The van der Waals surface area contributed by atoms with E-state index in [1.165, 1.54) is 23.5 Å². The Labute approximate surface area is 141 Å². The van der Waals surface area contributed by atoms with E-state index in [1.54, 1.807) is 6.07 Å². The highest BCUT2D eigenvalue weighted by Crippen LogP contribution is 2.27. The number of aromatic amines is 1. The van der Waals surface area contributed by atoms with Crippen LogP contribution in [0.15, 0.2) is 23.0 Å². The molecule has 0 aliphatic rings. The predicted molar refractivity (Wildman–Crippen MR) is 93.2 cm³/mol. The van der Waals surface area contributed by atoms with Gasteiger partial charge in [-0.2, -0.15) is 0 Å². The molecule has 0 unspecified atom stereocenters. The first-order valence-corrected chi connectivity index (χ1v) is 8.27. The largest absolute Gasteiger partial charge is 0.375 e. The fourth-order valence-corrected chi connectivity index (χ4v) is 3.60. The normalized spacial score (nSPS) is 12.6. The quantitative estimate of drug-likeness (QED) is 0.726. The van der Waals surface area contributed by atoms with Gasteiger partial charge in [0.2, 0.25) is 0 Å². The monoisotopic (exact) mass is 351 g/mol. The Balaban J connectivity index is 1.96. The average Bonchev–Trinajstić information content (AvgIpc) is 2.78. The van der Waals surface area contributed by atoms with Gasteiger partial charge in [-0.05, 0) is 44.5 Å². The number of H-pyrrole nitrogens is 1. The zero-order valence-corrected chi connectivity index (χ0v) is 14.4. The van der Waals surface area contributed by atoms with Crippen LogP contribution in [0.5, 0.6) is 0 Å². The van der Waals surface area contributed by atoms with E-state index in [4.69, 9.17) is 11.6 Å². The second-order valence-corrected chi connectivity index (χ2v) is 7.02. The summed E-state index contributed by atoms with van der Waals surface area (Å²) < 4.78 is 13.2. The number of halogens is 2. The predicted octanol–water partition coefficient (Wildman–Crippen LogP) is 4.57. The van der Waals surface area contributed by atoms with Crippen molar-refractivity contribution < 1.29 is 4.39 Å². The maximum absolute atomic E-state index is 13.2. The second-order valence-electron chi connectivity index (χ2n) is 5.41. The van der Waals surface area contributed by atoms with Crippen molar-refractivity contribution in [2.24, 2.45) is 0 Å². The highest BCUT2D eigenvalue weighted by atomic mass is 35.5. The Morgan fingerprint density at radius 1 is 1.39 bits per heavy atom. The van der Waals surface area contributed by atoms with E-state index in [0.29, 0.717) is 16.9 Å². The van der Waals surface area contributed by atoms with Gasteiger partial charge in [-0.15, -0.1) is 11.3 Å². The summed E-state index contributed by atoms with van der Waals surface area (Å²) in [6.07, 6.45) is 0. The van der Waals surface area contributed by atoms with Crippen LogP contribution in [-0.4, -0.2) is 9.97 Å². The van der Waals surface area contributed by atoms with Crippen molar-refractivity contribution >= 4 is 38.8 Å². The van der Waals surface area contributed by atoms with Gasteiger partial charge in [-0.25, -0.2) is 9.37 Å². The molecule has 2 heterocycles. The van der Waals surface area contributed by atoms with Gasteiger partial charge < -0.3 is 10.3 Å². The van der Waals surface area contributed by atoms with Gasteiger partial charge in [0.15, 0.2) is 0 Å². The molecule has 2 aromatic heterocycles. The first-order chi connectivity index (χ1) is 10.9. The number of benzene rings is 1. The summed E-state index contributed by atoms with van der Waals surface area (Å²) in [6, 6.07) is 4.14. The molecule has 0 radical (unpaired) electrons. The van der Waals surface area contributed by atoms with Gasteiger partial charge in [0.1, 0.15) is 16.5 Å². The number of hydrogen-bond acceptors (Lipinski definition) is 4. The van der Waals surface area contributed by atoms with E-state index in [1.807, 2.05) is 20.8 Å². The number of aryl methyl sites for hydroxylation is 2. The number of aromatic nitrogens is 2. The molecule has 1 aromatic carbocycles. The summed E-state index contributed by atoms with van der Waals surface area (Å²) in [7, 11) is 0. The van der Waals surface area contributed by atoms with Crippen LogP contribution < -0.4 is 10.9 Å². The first-order valence-electron chi connectivity index (χ1n) is 7.08. The zero-order chi connectivity index (χ0) is 16.7. The molecule has 120 valence electrons. The van der Waals surface area contributed by atoms with Gasteiger partial charge in [0.05, 0.1) is 16.5 Å². The van der Waals surface area contributed by atoms with Crippen molar-refractivity contribution in [3.05, 3.63) is 55.7 Å². The Morgan fingerprint density at radius 2 is 2.13 bits per heavy atom. The lowest BCUT2D eigenvalue weighted by molar-refractivity contribution is 0.628. The summed E-state index contributed by atoms with van der Waals surface area (Å²) >= 11 is 7.29. The van der Waals surface area contributed by atoms with E-state index in [2.05, 4.69) is 15.3 Å². The van der Waals surface area contributed by atoms with Crippen LogP contribution >= 0.6 is 22.9 Å². The maximum atomic E-state index is 13.2. The highest BCUT2D eigenvalue weighted by Gasteiger charge is 2.15. The summed E-state index contributed by atoms with van der Waals surface area (Å²) in [5.41, 5.74) is 1.49. The zero-order valence-electron chi connectivity index (χ0n) is 12.8. The van der Waals surface area contributed by atoms with Crippen LogP contribution in [0, 0.1) is 19.7 Å². The van der Waals surface area contributed by atoms with E-state index in [9.17, 15) is 9.18 Å². The lowest BCUT2D eigenvalue weighted by Crippen LogP contribution is -2.17. The van der Waals surface area contributed by atoms with Gasteiger partial charge in [-0.1, -0.05) is 11.6 Å². The molecule has 0 aliphatic heterocycles. The minimum Gasteiger partial charge on any atom is -0.375 e. The number of anilines is 1. The summed E-state index contributed by atoms with van der Waals surface area (Å²) in [5, 5.41) is 3.85. The third-order valence-corrected chi connectivity index (χ3v) is 5.16. The lowest BCUT2D eigenvalue weighted by Gasteiger charge is -2.14. The highest BCUT2D eigenvalue weighted by molar-refractivity contribution is 7.18. The SMILES string of the molecule is Cc1sc2nc([C@@H](C)Nc3ccc(F)c(Cl)c3)[nH]c(=O)c2c1C. The lowest BCUT2D eigenvalue weighted by atomic mass is 10.2. The second kappa shape index (κ2) is 5.94. The first kappa shape index (κ1) is 16.0. The van der Waals surface area contributed by atoms with Gasteiger partial charge in [-0.3, -0.25) is 4.79 Å². The molecular formula is C16H15ClFN3OS. The Morgan fingerprint density at radius 3 is 2.83 bits per heavy atom. The summed E-state index contributed by atoms with van der Waals surface area (Å²) in [5.74, 6) is 0.0616. The molecule has 0 saturated heterocycles. The summed E-state index contributed by atoms with van der Waals surface area (Å²) in [4.78, 5) is 21.5. The van der Waals surface area contributed by atoms with E-state index in [0.717, 1.165) is 15.3 Å². The fourth-order valence-electron chi connectivity index (χ4n) is 2.38. The smallest absolute Gasteiger partial charge is 0.259 e. The number of thiophene rings is 1. The molecule has 0 fully saturated rings. The average molecular weight is 352 g/mol. The standard InChI is InChI=1S/C16H15ClFN3OS/c1-7-9(3)23-16-13(7)15(22)20-14(21-16)8(2)19-10-4-5-12(18)11(17)6-10/h4-6,8,19H,1-3H3,(H,20,21,22)/t8-/m1/s1. The topological polar surface area (TPSA) is 57.8 Å². The van der Waals surface area contributed by atoms with Gasteiger partial charge in [0.25, 0.3) is 5.56 Å². The molecule has 3 aromatic rings. The van der Waals surface area contributed by atoms with E-state index < -0.39 is 5.82 Å². The van der Waals surface area contributed by atoms with Crippen molar-refractivity contribution in [3.8, 4) is 0 Å². The molecular weight excluding hydrogens is 337 g/mol. The molecule has 0 bridgehead atoms. The molecule has 0 aliphatic carbocycles. The minimum atomic E-state index is -0.470. The number of hydrogen-bond donors (Lipinski definition) is 2. The van der Waals surface area contributed by atoms with Crippen LogP contribution in [0.2, 0.25) is 5.02 Å². The number of nitrogens with zero attached hydrogens (tertiary/aromatic N) is 1. The molecule has 23 heavy (non-hydrogen) atoms. The van der Waals surface area contributed by atoms with Crippen molar-refractivity contribution in [2.45, 2.75) is 26.8 Å². The molecule has 4 nitrogen and oxygen atoms in total. The van der Waals surface area contributed by atoms with Crippen LogP contribution in [0.1, 0.15) is 29.2 Å². The van der Waals surface area contributed by atoms with E-state index in [-0.39, 0.29) is 16.6 Å². The van der Waals surface area contributed by atoms with Crippen molar-refractivity contribution in [1.82, 2.24) is 9.97 Å².